The number of rotatable bonds is 4. The van der Waals surface area contributed by atoms with Crippen molar-refractivity contribution in [3.63, 3.8) is 0 Å². The Labute approximate surface area is 104 Å². The Hall–Kier alpha value is -0.690. The maximum atomic E-state index is 5.89. The number of benzene rings is 1. The summed E-state index contributed by atoms with van der Waals surface area (Å²) in [6, 6.07) is 6.15. The highest BCUT2D eigenvalue weighted by Crippen LogP contribution is 2.24. The maximum Gasteiger partial charge on any atom is 0.123 e. The molecule has 1 nitrogen and oxygen atoms in total. The van der Waals surface area contributed by atoms with Gasteiger partial charge in [0.05, 0.1) is 12.5 Å². The topological polar surface area (TPSA) is 9.23 Å². The maximum absolute atomic E-state index is 5.89. The van der Waals surface area contributed by atoms with Crippen LogP contribution in [0.15, 0.2) is 18.2 Å². The van der Waals surface area contributed by atoms with Crippen LogP contribution in [0.3, 0.4) is 0 Å². The zero-order valence-corrected chi connectivity index (χ0v) is 11.4. The molecule has 0 atom stereocenters. The molecule has 0 fully saturated rings. The Morgan fingerprint density at radius 2 is 1.94 bits per heavy atom. The quantitative estimate of drug-likeness (QED) is 0.702. The summed E-state index contributed by atoms with van der Waals surface area (Å²) in [5, 5.41) is 0. The van der Waals surface area contributed by atoms with E-state index in [-0.39, 0.29) is 0 Å². The van der Waals surface area contributed by atoms with Gasteiger partial charge >= 0.3 is 0 Å². The van der Waals surface area contributed by atoms with Crippen LogP contribution in [-0.2, 0) is 5.88 Å². The van der Waals surface area contributed by atoms with Crippen molar-refractivity contribution in [2.45, 2.75) is 40.0 Å². The lowest BCUT2D eigenvalue weighted by molar-refractivity contribution is 0.242. The summed E-state index contributed by atoms with van der Waals surface area (Å²) in [6.45, 7) is 9.46. The molecule has 16 heavy (non-hydrogen) atoms. The number of hydrogen-bond acceptors (Lipinski definition) is 1. The van der Waals surface area contributed by atoms with Gasteiger partial charge in [0.15, 0.2) is 0 Å². The Kier molecular flexibility index (Phi) is 4.67. The van der Waals surface area contributed by atoms with E-state index in [2.05, 4.69) is 39.8 Å². The summed E-state index contributed by atoms with van der Waals surface area (Å²) in [6.07, 6.45) is 1.04. The van der Waals surface area contributed by atoms with Crippen LogP contribution < -0.4 is 4.74 Å². The first-order chi connectivity index (χ1) is 7.42. The fourth-order valence-corrected chi connectivity index (χ4v) is 1.63. The lowest BCUT2D eigenvalue weighted by atomic mass is 9.93. The minimum atomic E-state index is 0.311. The lowest BCUT2D eigenvalue weighted by Gasteiger charge is -2.19. The average Bonchev–Trinajstić information content (AvgIpc) is 2.18. The van der Waals surface area contributed by atoms with Crippen molar-refractivity contribution in [3.8, 4) is 5.75 Å². The molecule has 2 heteroatoms. The first-order valence-corrected chi connectivity index (χ1v) is 6.24. The molecule has 0 aliphatic rings. The van der Waals surface area contributed by atoms with Gasteiger partial charge in [-0.05, 0) is 24.8 Å². The highest BCUT2D eigenvalue weighted by atomic mass is 35.5. The summed E-state index contributed by atoms with van der Waals surface area (Å²) >= 11 is 5.89. The van der Waals surface area contributed by atoms with Gasteiger partial charge in [-0.25, -0.2) is 0 Å². The molecule has 1 aromatic rings. The van der Waals surface area contributed by atoms with Gasteiger partial charge in [-0.1, -0.05) is 38.5 Å². The molecule has 0 aliphatic heterocycles. The van der Waals surface area contributed by atoms with Crippen molar-refractivity contribution in [1.82, 2.24) is 0 Å². The molecular formula is C14H21ClO. The molecule has 90 valence electrons. The first kappa shape index (κ1) is 13.4. The van der Waals surface area contributed by atoms with Gasteiger partial charge in [-0.3, -0.25) is 0 Å². The van der Waals surface area contributed by atoms with E-state index < -0.39 is 0 Å². The fourth-order valence-electron chi connectivity index (χ4n) is 1.42. The molecule has 0 bridgehead atoms. The smallest absolute Gasteiger partial charge is 0.123 e. The van der Waals surface area contributed by atoms with Gasteiger partial charge < -0.3 is 4.74 Å². The molecular weight excluding hydrogens is 220 g/mol. The van der Waals surface area contributed by atoms with Gasteiger partial charge in [0.2, 0.25) is 0 Å². The van der Waals surface area contributed by atoms with E-state index in [1.807, 2.05) is 6.07 Å². The molecule has 0 aromatic heterocycles. The minimum Gasteiger partial charge on any atom is -0.493 e. The van der Waals surface area contributed by atoms with Crippen molar-refractivity contribution in [3.05, 3.63) is 29.3 Å². The predicted octanol–water partition coefficient (Wildman–Crippen LogP) is 4.55. The van der Waals surface area contributed by atoms with E-state index in [9.17, 15) is 0 Å². The normalized spacial score (nSPS) is 11.6. The van der Waals surface area contributed by atoms with Crippen LogP contribution in [0, 0.1) is 12.3 Å². The Balaban J connectivity index is 2.60. The molecule has 1 aromatic carbocycles. The van der Waals surface area contributed by atoms with Crippen molar-refractivity contribution in [1.29, 1.82) is 0 Å². The standard InChI is InChI=1S/C14H21ClO/c1-11-5-6-13(12(9-11)10-15)16-8-7-14(2,3)4/h5-6,9H,7-8,10H2,1-4H3. The van der Waals surface area contributed by atoms with Crippen LogP contribution >= 0.6 is 11.6 Å². The van der Waals surface area contributed by atoms with Gasteiger partial charge in [0.1, 0.15) is 5.75 Å². The van der Waals surface area contributed by atoms with Crippen LogP contribution in [0.4, 0.5) is 0 Å². The second-order valence-corrected chi connectivity index (χ2v) is 5.67. The van der Waals surface area contributed by atoms with E-state index in [1.54, 1.807) is 0 Å². The van der Waals surface area contributed by atoms with E-state index >= 15 is 0 Å². The molecule has 0 unspecified atom stereocenters. The zero-order valence-electron chi connectivity index (χ0n) is 10.6. The monoisotopic (exact) mass is 240 g/mol. The van der Waals surface area contributed by atoms with Crippen LogP contribution in [0.25, 0.3) is 0 Å². The number of aryl methyl sites for hydroxylation is 1. The second-order valence-electron chi connectivity index (χ2n) is 5.40. The number of hydrogen-bond donors (Lipinski definition) is 0. The molecule has 1 rings (SSSR count). The lowest BCUT2D eigenvalue weighted by Crippen LogP contribution is -2.11. The third kappa shape index (κ3) is 4.44. The van der Waals surface area contributed by atoms with Gasteiger partial charge in [0.25, 0.3) is 0 Å². The molecule has 0 heterocycles. The first-order valence-electron chi connectivity index (χ1n) is 5.71. The Morgan fingerprint density at radius 3 is 2.50 bits per heavy atom. The molecule has 0 spiro atoms. The highest BCUT2D eigenvalue weighted by molar-refractivity contribution is 6.17. The van der Waals surface area contributed by atoms with Gasteiger partial charge in [0, 0.05) is 5.56 Å². The van der Waals surface area contributed by atoms with Crippen LogP contribution in [0.1, 0.15) is 38.3 Å². The summed E-state index contributed by atoms with van der Waals surface area (Å²) in [5.41, 5.74) is 2.61. The van der Waals surface area contributed by atoms with Crippen molar-refractivity contribution in [2.24, 2.45) is 5.41 Å². The third-order valence-electron chi connectivity index (χ3n) is 2.47. The zero-order chi connectivity index (χ0) is 12.2. The van der Waals surface area contributed by atoms with Crippen molar-refractivity contribution in [2.75, 3.05) is 6.61 Å². The van der Waals surface area contributed by atoms with Crippen LogP contribution in [0.2, 0.25) is 0 Å². The average molecular weight is 241 g/mol. The predicted molar refractivity (Wildman–Crippen MR) is 70.3 cm³/mol. The van der Waals surface area contributed by atoms with E-state index in [0.29, 0.717) is 11.3 Å². The minimum absolute atomic E-state index is 0.311. The molecule has 0 aliphatic carbocycles. The summed E-state index contributed by atoms with van der Waals surface area (Å²) in [4.78, 5) is 0. The molecule has 0 saturated carbocycles. The SMILES string of the molecule is Cc1ccc(OCCC(C)(C)C)c(CCl)c1. The number of alkyl halides is 1. The highest BCUT2D eigenvalue weighted by Gasteiger charge is 2.10. The van der Waals surface area contributed by atoms with E-state index in [0.717, 1.165) is 24.3 Å². The fraction of sp³-hybridized carbons (Fsp3) is 0.571. The van der Waals surface area contributed by atoms with Gasteiger partial charge in [-0.2, -0.15) is 0 Å². The second kappa shape index (κ2) is 5.58. The number of halogens is 1. The Morgan fingerprint density at radius 1 is 1.25 bits per heavy atom. The summed E-state index contributed by atoms with van der Waals surface area (Å²) in [7, 11) is 0. The van der Waals surface area contributed by atoms with Crippen molar-refractivity contribution < 1.29 is 4.74 Å². The van der Waals surface area contributed by atoms with Crippen LogP contribution in [-0.4, -0.2) is 6.61 Å². The Bertz CT molecular complexity index is 339. The van der Waals surface area contributed by atoms with Gasteiger partial charge in [-0.15, -0.1) is 11.6 Å². The van der Waals surface area contributed by atoms with Crippen LogP contribution in [0.5, 0.6) is 5.75 Å². The summed E-state index contributed by atoms with van der Waals surface area (Å²) in [5.74, 6) is 1.43. The van der Waals surface area contributed by atoms with E-state index in [1.165, 1.54) is 5.56 Å². The molecule has 0 N–H and O–H groups in total. The molecule has 0 saturated heterocycles. The summed E-state index contributed by atoms with van der Waals surface area (Å²) < 4.78 is 5.77. The van der Waals surface area contributed by atoms with E-state index in [4.69, 9.17) is 16.3 Å². The molecule has 0 radical (unpaired) electrons. The largest absolute Gasteiger partial charge is 0.493 e. The molecule has 0 amide bonds. The number of ether oxygens (including phenoxy) is 1. The van der Waals surface area contributed by atoms with Crippen molar-refractivity contribution >= 4 is 11.6 Å². The third-order valence-corrected chi connectivity index (χ3v) is 2.76.